The Bertz CT molecular complexity index is 1050. The van der Waals surface area contributed by atoms with E-state index in [9.17, 15) is 14.0 Å². The minimum absolute atomic E-state index is 0.122. The van der Waals surface area contributed by atoms with Gasteiger partial charge in [-0.15, -0.1) is 11.3 Å². The number of rotatable bonds is 7. The Morgan fingerprint density at radius 1 is 1.15 bits per heavy atom. The van der Waals surface area contributed by atoms with E-state index in [1.54, 1.807) is 17.0 Å². The lowest BCUT2D eigenvalue weighted by Crippen LogP contribution is -2.54. The summed E-state index contributed by atoms with van der Waals surface area (Å²) in [5, 5.41) is 5.20. The predicted octanol–water partition coefficient (Wildman–Crippen LogP) is 6.19. The standard InChI is InChI=1S/C28H33FN2O2S/c1-19-10-11-20(2)25(17-19)27(28(33)30-22-7-4-3-5-8-22)31(23-14-12-21(29)13-15-23)26(32)18-24-9-6-16-34-24/h6,9,11-17,19,22,27H,3-5,7-8,10,18H2,1-2H3,(H,30,33). The Kier molecular flexibility index (Phi) is 7.99. The average molecular weight is 481 g/mol. The lowest BCUT2D eigenvalue weighted by molar-refractivity contribution is -0.126. The van der Waals surface area contributed by atoms with E-state index in [1.165, 1.54) is 29.9 Å². The minimum Gasteiger partial charge on any atom is -0.351 e. The summed E-state index contributed by atoms with van der Waals surface area (Å²) < 4.78 is 13.8. The summed E-state index contributed by atoms with van der Waals surface area (Å²) in [7, 11) is 0. The summed E-state index contributed by atoms with van der Waals surface area (Å²) in [6.45, 7) is 4.12. The molecule has 1 aromatic carbocycles. The van der Waals surface area contributed by atoms with E-state index in [2.05, 4.69) is 24.4 Å². The van der Waals surface area contributed by atoms with E-state index < -0.39 is 6.04 Å². The van der Waals surface area contributed by atoms with Crippen LogP contribution in [0.2, 0.25) is 0 Å². The molecule has 2 aromatic rings. The van der Waals surface area contributed by atoms with Gasteiger partial charge in [0.05, 0.1) is 6.42 Å². The molecule has 4 rings (SSSR count). The van der Waals surface area contributed by atoms with Crippen LogP contribution < -0.4 is 10.2 Å². The zero-order valence-corrected chi connectivity index (χ0v) is 20.7. The van der Waals surface area contributed by atoms with Crippen molar-refractivity contribution in [2.75, 3.05) is 4.90 Å². The first-order valence-electron chi connectivity index (χ1n) is 12.2. The molecule has 2 aliphatic carbocycles. The highest BCUT2D eigenvalue weighted by Gasteiger charge is 2.36. The molecule has 2 aliphatic rings. The third-order valence-electron chi connectivity index (χ3n) is 6.75. The highest BCUT2D eigenvalue weighted by Crippen LogP contribution is 2.32. The van der Waals surface area contributed by atoms with Crippen LogP contribution in [0.3, 0.4) is 0 Å². The van der Waals surface area contributed by atoms with Crippen LogP contribution in [-0.2, 0) is 16.0 Å². The topological polar surface area (TPSA) is 49.4 Å². The number of nitrogens with zero attached hydrogens (tertiary/aromatic N) is 1. The van der Waals surface area contributed by atoms with Gasteiger partial charge < -0.3 is 5.32 Å². The first kappa shape index (κ1) is 24.4. The quantitative estimate of drug-likeness (QED) is 0.513. The molecular formula is C28H33FN2O2S. The summed E-state index contributed by atoms with van der Waals surface area (Å²) in [6, 6.07) is 9.03. The maximum atomic E-state index is 13.9. The van der Waals surface area contributed by atoms with Gasteiger partial charge in [-0.05, 0) is 79.0 Å². The van der Waals surface area contributed by atoms with Gasteiger partial charge in [0, 0.05) is 16.6 Å². The maximum absolute atomic E-state index is 13.9. The van der Waals surface area contributed by atoms with Gasteiger partial charge in [-0.25, -0.2) is 4.39 Å². The molecule has 2 atom stereocenters. The number of amides is 2. The molecule has 6 heteroatoms. The molecule has 180 valence electrons. The molecule has 2 unspecified atom stereocenters. The second-order valence-corrected chi connectivity index (χ2v) is 10.5. The van der Waals surface area contributed by atoms with Crippen molar-refractivity contribution in [1.29, 1.82) is 0 Å². The molecule has 0 bridgehead atoms. The van der Waals surface area contributed by atoms with Crippen LogP contribution in [0.1, 0.15) is 57.2 Å². The van der Waals surface area contributed by atoms with Gasteiger partial charge in [-0.3, -0.25) is 14.5 Å². The van der Waals surface area contributed by atoms with Crippen LogP contribution in [0, 0.1) is 11.7 Å². The van der Waals surface area contributed by atoms with E-state index in [0.717, 1.165) is 48.1 Å². The summed E-state index contributed by atoms with van der Waals surface area (Å²) in [6.07, 6.45) is 10.7. The van der Waals surface area contributed by atoms with Crippen molar-refractivity contribution >= 4 is 28.8 Å². The number of nitrogens with one attached hydrogen (secondary N) is 1. The summed E-state index contributed by atoms with van der Waals surface area (Å²) in [5.74, 6) is -0.445. The number of anilines is 1. The first-order valence-corrected chi connectivity index (χ1v) is 13.1. The summed E-state index contributed by atoms with van der Waals surface area (Å²) in [4.78, 5) is 30.2. The van der Waals surface area contributed by atoms with Crippen LogP contribution in [0.15, 0.2) is 65.1 Å². The van der Waals surface area contributed by atoms with Crippen molar-refractivity contribution in [3.63, 3.8) is 0 Å². The van der Waals surface area contributed by atoms with E-state index in [1.807, 2.05) is 24.4 Å². The second kappa shape index (κ2) is 11.1. The zero-order valence-electron chi connectivity index (χ0n) is 19.9. The molecule has 1 saturated carbocycles. The van der Waals surface area contributed by atoms with E-state index in [-0.39, 0.29) is 36.0 Å². The van der Waals surface area contributed by atoms with E-state index in [4.69, 9.17) is 0 Å². The molecule has 34 heavy (non-hydrogen) atoms. The third-order valence-corrected chi connectivity index (χ3v) is 7.62. The molecule has 0 spiro atoms. The number of allylic oxidation sites excluding steroid dienone is 2. The molecule has 1 aromatic heterocycles. The van der Waals surface area contributed by atoms with Crippen LogP contribution in [0.4, 0.5) is 10.1 Å². The van der Waals surface area contributed by atoms with Crippen molar-refractivity contribution in [1.82, 2.24) is 5.32 Å². The predicted molar refractivity (Wildman–Crippen MR) is 136 cm³/mol. The summed E-state index contributed by atoms with van der Waals surface area (Å²) >= 11 is 1.52. The van der Waals surface area contributed by atoms with Crippen LogP contribution in [0.25, 0.3) is 0 Å². The molecule has 1 N–H and O–H groups in total. The fraction of sp³-hybridized carbons (Fsp3) is 0.429. The molecule has 1 heterocycles. The Labute approximate surface area is 205 Å². The summed E-state index contributed by atoms with van der Waals surface area (Å²) in [5.41, 5.74) is 2.40. The molecule has 0 saturated heterocycles. The number of hydrogen-bond donors (Lipinski definition) is 1. The molecule has 0 radical (unpaired) electrons. The lowest BCUT2D eigenvalue weighted by atomic mass is 9.86. The van der Waals surface area contributed by atoms with Gasteiger partial charge in [0.25, 0.3) is 0 Å². The zero-order chi connectivity index (χ0) is 24.1. The van der Waals surface area contributed by atoms with Crippen LogP contribution in [0.5, 0.6) is 0 Å². The number of halogens is 1. The largest absolute Gasteiger partial charge is 0.351 e. The first-order chi connectivity index (χ1) is 16.4. The number of hydrogen-bond acceptors (Lipinski definition) is 3. The Hall–Kier alpha value is -2.73. The van der Waals surface area contributed by atoms with Crippen molar-refractivity contribution < 1.29 is 14.0 Å². The lowest BCUT2D eigenvalue weighted by Gasteiger charge is -2.36. The number of thiophene rings is 1. The molecule has 2 amide bonds. The minimum atomic E-state index is -0.807. The second-order valence-electron chi connectivity index (χ2n) is 9.46. The Balaban J connectivity index is 1.75. The van der Waals surface area contributed by atoms with Gasteiger partial charge in [0.2, 0.25) is 11.8 Å². The number of carbonyl (C=O) groups is 2. The molecular weight excluding hydrogens is 447 g/mol. The average Bonchev–Trinajstić information content (AvgIpc) is 3.33. The maximum Gasteiger partial charge on any atom is 0.248 e. The molecule has 1 fully saturated rings. The van der Waals surface area contributed by atoms with Crippen molar-refractivity contribution in [3.8, 4) is 0 Å². The Morgan fingerprint density at radius 2 is 1.88 bits per heavy atom. The van der Waals surface area contributed by atoms with Crippen molar-refractivity contribution in [3.05, 3.63) is 75.8 Å². The molecule has 0 aliphatic heterocycles. The number of benzene rings is 1. The van der Waals surface area contributed by atoms with Crippen LogP contribution >= 0.6 is 11.3 Å². The van der Waals surface area contributed by atoms with Crippen LogP contribution in [-0.4, -0.2) is 23.9 Å². The van der Waals surface area contributed by atoms with Gasteiger partial charge in [-0.1, -0.05) is 44.4 Å². The highest BCUT2D eigenvalue weighted by molar-refractivity contribution is 7.10. The van der Waals surface area contributed by atoms with Gasteiger partial charge in [0.15, 0.2) is 0 Å². The van der Waals surface area contributed by atoms with E-state index >= 15 is 0 Å². The smallest absolute Gasteiger partial charge is 0.248 e. The fourth-order valence-electron chi connectivity index (χ4n) is 4.90. The van der Waals surface area contributed by atoms with E-state index in [0.29, 0.717) is 5.69 Å². The molecule has 4 nitrogen and oxygen atoms in total. The van der Waals surface area contributed by atoms with Gasteiger partial charge in [-0.2, -0.15) is 0 Å². The monoisotopic (exact) mass is 480 g/mol. The number of carbonyl (C=O) groups excluding carboxylic acids is 2. The van der Waals surface area contributed by atoms with Gasteiger partial charge in [0.1, 0.15) is 11.9 Å². The van der Waals surface area contributed by atoms with Crippen molar-refractivity contribution in [2.45, 2.75) is 70.9 Å². The van der Waals surface area contributed by atoms with Crippen molar-refractivity contribution in [2.24, 2.45) is 5.92 Å². The third kappa shape index (κ3) is 5.84. The van der Waals surface area contributed by atoms with Gasteiger partial charge >= 0.3 is 0 Å². The normalized spacial score (nSPS) is 19.7. The SMILES string of the molecule is CC1=CCC(C)C=C1C(C(=O)NC1CCCCC1)N(C(=O)Cc1cccs1)c1ccc(F)cc1. The Morgan fingerprint density at radius 3 is 2.56 bits per heavy atom. The highest BCUT2D eigenvalue weighted by atomic mass is 32.1. The fourth-order valence-corrected chi connectivity index (χ4v) is 5.60.